The van der Waals surface area contributed by atoms with Gasteiger partial charge in [-0.1, -0.05) is 28.8 Å². The smallest absolute Gasteiger partial charge is 0.0764 e. The average molecular weight is 330 g/mol. The molecule has 1 fully saturated rings. The second-order valence-electron chi connectivity index (χ2n) is 5.18. The summed E-state index contributed by atoms with van der Waals surface area (Å²) in [7, 11) is 1.75. The van der Waals surface area contributed by atoms with Crippen molar-refractivity contribution in [3.63, 3.8) is 0 Å². The van der Waals surface area contributed by atoms with Gasteiger partial charge in [0, 0.05) is 38.3 Å². The fourth-order valence-electron chi connectivity index (χ4n) is 2.67. The van der Waals surface area contributed by atoms with Crippen LogP contribution in [0.3, 0.4) is 0 Å². The summed E-state index contributed by atoms with van der Waals surface area (Å²) < 4.78 is 7.33. The zero-order valence-corrected chi connectivity index (χ0v) is 13.3. The molecule has 0 atom stereocenters. The topological polar surface area (TPSA) is 30.3 Å². The van der Waals surface area contributed by atoms with Gasteiger partial charge in [0.25, 0.3) is 0 Å². The van der Waals surface area contributed by atoms with E-state index in [4.69, 9.17) is 9.84 Å². The molecule has 0 amide bonds. The number of hydrogen-bond acceptors (Lipinski definition) is 3. The molecule has 1 aliphatic rings. The Morgan fingerprint density at radius 2 is 2.21 bits per heavy atom. The van der Waals surface area contributed by atoms with E-state index in [0.717, 1.165) is 31.6 Å². The van der Waals surface area contributed by atoms with Gasteiger partial charge in [-0.15, -0.1) is 0 Å². The maximum absolute atomic E-state index is 5.16. The zero-order chi connectivity index (χ0) is 13.5. The molecule has 19 heavy (non-hydrogen) atoms. The Labute approximate surface area is 124 Å². The van der Waals surface area contributed by atoms with Gasteiger partial charge >= 0.3 is 0 Å². The molecule has 5 heteroatoms. The Hall–Kier alpha value is -0.390. The molecule has 1 saturated carbocycles. The van der Waals surface area contributed by atoms with E-state index in [9.17, 15) is 0 Å². The molecule has 1 aliphatic carbocycles. The molecule has 2 rings (SSSR count). The van der Waals surface area contributed by atoms with E-state index in [1.807, 2.05) is 0 Å². The number of nitrogens with zero attached hydrogens (tertiary/aromatic N) is 3. The highest BCUT2D eigenvalue weighted by Gasteiger charge is 2.18. The minimum atomic E-state index is 0.636. The van der Waals surface area contributed by atoms with Crippen molar-refractivity contribution >= 4 is 15.9 Å². The fourth-order valence-corrected chi connectivity index (χ4v) is 3.17. The number of ether oxygens (including phenoxy) is 1. The van der Waals surface area contributed by atoms with Crippen molar-refractivity contribution in [1.82, 2.24) is 14.7 Å². The first-order valence-corrected chi connectivity index (χ1v) is 8.27. The van der Waals surface area contributed by atoms with Crippen molar-refractivity contribution in [3.8, 4) is 0 Å². The lowest BCUT2D eigenvalue weighted by molar-refractivity contribution is 0.147. The molecule has 0 N–H and O–H groups in total. The summed E-state index contributed by atoms with van der Waals surface area (Å²) in [6.07, 6.45) is 7.42. The Morgan fingerprint density at radius 1 is 1.42 bits per heavy atom. The lowest BCUT2D eigenvalue weighted by Gasteiger charge is -2.19. The molecule has 0 aliphatic heterocycles. The molecule has 1 aromatic rings. The van der Waals surface area contributed by atoms with Crippen molar-refractivity contribution in [2.45, 2.75) is 38.3 Å². The highest BCUT2D eigenvalue weighted by Crippen LogP contribution is 2.28. The van der Waals surface area contributed by atoms with Crippen LogP contribution in [0, 0.1) is 0 Å². The fraction of sp³-hybridized carbons (Fsp3) is 0.786. The zero-order valence-electron chi connectivity index (χ0n) is 11.7. The van der Waals surface area contributed by atoms with Gasteiger partial charge in [-0.25, -0.2) is 0 Å². The van der Waals surface area contributed by atoms with Crippen LogP contribution in [0.2, 0.25) is 0 Å². The first kappa shape index (κ1) is 15.0. The number of methoxy groups -OCH3 is 1. The predicted molar refractivity (Wildman–Crippen MR) is 80.7 cm³/mol. The van der Waals surface area contributed by atoms with Crippen LogP contribution in [-0.4, -0.2) is 46.8 Å². The van der Waals surface area contributed by atoms with Gasteiger partial charge in [0.1, 0.15) is 0 Å². The van der Waals surface area contributed by atoms with Crippen molar-refractivity contribution in [2.75, 3.05) is 32.1 Å². The quantitative estimate of drug-likeness (QED) is 0.687. The van der Waals surface area contributed by atoms with Crippen LogP contribution in [0.1, 0.15) is 37.4 Å². The maximum Gasteiger partial charge on any atom is 0.0764 e. The second kappa shape index (κ2) is 8.02. The summed E-state index contributed by atoms with van der Waals surface area (Å²) in [6.45, 7) is 3.67. The van der Waals surface area contributed by atoms with Gasteiger partial charge in [0.15, 0.2) is 0 Å². The summed E-state index contributed by atoms with van der Waals surface area (Å²) in [4.78, 5) is 2.37. The maximum atomic E-state index is 5.16. The lowest BCUT2D eigenvalue weighted by atomic mass is 10.3. The molecule has 0 bridgehead atoms. The summed E-state index contributed by atoms with van der Waals surface area (Å²) in [5.74, 6) is 0. The van der Waals surface area contributed by atoms with Crippen LogP contribution >= 0.6 is 15.9 Å². The van der Waals surface area contributed by atoms with Gasteiger partial charge in [0.05, 0.1) is 18.3 Å². The number of alkyl halides is 1. The van der Waals surface area contributed by atoms with E-state index in [-0.39, 0.29) is 0 Å². The van der Waals surface area contributed by atoms with Crippen molar-refractivity contribution in [3.05, 3.63) is 18.0 Å². The number of hydrogen-bond donors (Lipinski definition) is 0. The molecule has 0 spiro atoms. The van der Waals surface area contributed by atoms with Crippen LogP contribution in [0.4, 0.5) is 0 Å². The number of halogens is 1. The summed E-state index contributed by atoms with van der Waals surface area (Å²) in [5.41, 5.74) is 1.17. The summed E-state index contributed by atoms with van der Waals surface area (Å²) >= 11 is 3.51. The van der Waals surface area contributed by atoms with Gasteiger partial charge in [-0.2, -0.15) is 5.10 Å². The monoisotopic (exact) mass is 329 g/mol. The molecule has 0 saturated heterocycles. The first-order valence-electron chi connectivity index (χ1n) is 7.14. The van der Waals surface area contributed by atoms with Gasteiger partial charge < -0.3 is 4.74 Å². The minimum Gasteiger partial charge on any atom is -0.383 e. The normalized spacial score (nSPS) is 16.6. The van der Waals surface area contributed by atoms with Crippen molar-refractivity contribution in [1.29, 1.82) is 0 Å². The van der Waals surface area contributed by atoms with Crippen molar-refractivity contribution < 1.29 is 4.74 Å². The van der Waals surface area contributed by atoms with Gasteiger partial charge in [-0.3, -0.25) is 9.58 Å². The molecule has 1 heterocycles. The highest BCUT2D eigenvalue weighted by molar-refractivity contribution is 9.09. The Kier molecular flexibility index (Phi) is 6.34. The Morgan fingerprint density at radius 3 is 2.89 bits per heavy atom. The first-order chi connectivity index (χ1) is 9.33. The Bertz CT molecular complexity index is 363. The summed E-state index contributed by atoms with van der Waals surface area (Å²) in [6, 6.07) is 2.80. The Balaban J connectivity index is 1.89. The SMILES string of the molecule is COCCN(CCBr)Cc1ccn(C2CCCC2)n1. The average Bonchev–Trinajstić information content (AvgIpc) is 3.06. The number of rotatable bonds is 8. The minimum absolute atomic E-state index is 0.636. The third-order valence-electron chi connectivity index (χ3n) is 3.76. The van der Waals surface area contributed by atoms with Crippen molar-refractivity contribution in [2.24, 2.45) is 0 Å². The van der Waals surface area contributed by atoms with Crippen LogP contribution in [-0.2, 0) is 11.3 Å². The van der Waals surface area contributed by atoms with E-state index < -0.39 is 0 Å². The number of aromatic nitrogens is 2. The molecule has 0 aromatic carbocycles. The molecule has 0 unspecified atom stereocenters. The largest absolute Gasteiger partial charge is 0.383 e. The van der Waals surface area contributed by atoms with E-state index in [2.05, 4.69) is 37.8 Å². The van der Waals surface area contributed by atoms with Gasteiger partial charge in [-0.05, 0) is 18.9 Å². The molecule has 108 valence electrons. The van der Waals surface area contributed by atoms with Crippen LogP contribution < -0.4 is 0 Å². The van der Waals surface area contributed by atoms with Crippen LogP contribution in [0.25, 0.3) is 0 Å². The molecular formula is C14H24BrN3O. The van der Waals surface area contributed by atoms with Crippen LogP contribution in [0.5, 0.6) is 0 Å². The van der Waals surface area contributed by atoms with E-state index in [1.165, 1.54) is 31.4 Å². The predicted octanol–water partition coefficient (Wildman–Crippen LogP) is 2.84. The van der Waals surface area contributed by atoms with Crippen LogP contribution in [0.15, 0.2) is 12.3 Å². The lowest BCUT2D eigenvalue weighted by Crippen LogP contribution is -2.29. The van der Waals surface area contributed by atoms with E-state index >= 15 is 0 Å². The van der Waals surface area contributed by atoms with E-state index in [1.54, 1.807) is 7.11 Å². The third-order valence-corrected chi connectivity index (χ3v) is 4.12. The van der Waals surface area contributed by atoms with E-state index in [0.29, 0.717) is 6.04 Å². The van der Waals surface area contributed by atoms with Gasteiger partial charge in [0.2, 0.25) is 0 Å². The molecule has 0 radical (unpaired) electrons. The standard InChI is InChI=1S/C14H24BrN3O/c1-19-11-10-17(9-7-15)12-13-6-8-18(16-13)14-4-2-3-5-14/h6,8,14H,2-5,7,9-12H2,1H3. The summed E-state index contributed by atoms with van der Waals surface area (Å²) in [5, 5.41) is 5.73. The molecule has 4 nitrogen and oxygen atoms in total. The molecule has 1 aromatic heterocycles. The molecular weight excluding hydrogens is 306 g/mol. The third kappa shape index (κ3) is 4.58. The highest BCUT2D eigenvalue weighted by atomic mass is 79.9. The second-order valence-corrected chi connectivity index (χ2v) is 5.98.